The molecule has 0 aliphatic carbocycles. The molecule has 240 valence electrons. The molecule has 0 aliphatic heterocycles. The van der Waals surface area contributed by atoms with Crippen LogP contribution in [0.5, 0.6) is 0 Å². The highest BCUT2D eigenvalue weighted by molar-refractivity contribution is 7.26. The van der Waals surface area contributed by atoms with E-state index >= 15 is 0 Å². The van der Waals surface area contributed by atoms with Gasteiger partial charge in [-0.05, 0) is 72.1 Å². The van der Waals surface area contributed by atoms with Gasteiger partial charge in [0.2, 0.25) is 0 Å². The highest BCUT2D eigenvalue weighted by Crippen LogP contribution is 2.42. The van der Waals surface area contributed by atoms with Crippen LogP contribution in [0.25, 0.3) is 93.0 Å². The van der Waals surface area contributed by atoms with Crippen molar-refractivity contribution in [3.05, 3.63) is 169 Å². The second-order valence-corrected chi connectivity index (χ2v) is 14.0. The van der Waals surface area contributed by atoms with E-state index in [2.05, 4.69) is 139 Å². The van der Waals surface area contributed by atoms with Crippen LogP contribution in [0.2, 0.25) is 0 Å². The van der Waals surface area contributed by atoms with Crippen molar-refractivity contribution in [3.8, 4) is 51.0 Å². The van der Waals surface area contributed by atoms with E-state index in [0.717, 1.165) is 16.7 Å². The van der Waals surface area contributed by atoms with Crippen molar-refractivity contribution in [3.63, 3.8) is 0 Å². The van der Waals surface area contributed by atoms with Crippen molar-refractivity contribution in [2.45, 2.75) is 6.92 Å². The molecule has 5 heteroatoms. The fraction of sp³-hybridized carbons (Fsp3) is 0.0217. The quantitative estimate of drug-likeness (QED) is 0.183. The second kappa shape index (κ2) is 11.9. The van der Waals surface area contributed by atoms with E-state index in [1.54, 1.807) is 0 Å². The highest BCUT2D eigenvalue weighted by Gasteiger charge is 2.18. The number of thiophene rings is 1. The Morgan fingerprint density at radius 1 is 0.431 bits per heavy atom. The maximum Gasteiger partial charge on any atom is 0.164 e. The van der Waals surface area contributed by atoms with E-state index in [9.17, 15) is 0 Å². The molecule has 10 aromatic rings. The van der Waals surface area contributed by atoms with Gasteiger partial charge in [0.25, 0.3) is 0 Å². The van der Waals surface area contributed by atoms with Gasteiger partial charge in [0.1, 0.15) is 0 Å². The third-order valence-corrected chi connectivity index (χ3v) is 10.8. The summed E-state index contributed by atoms with van der Waals surface area (Å²) in [6.45, 7) is 2.15. The topological polar surface area (TPSA) is 43.6 Å². The lowest BCUT2D eigenvalue weighted by Crippen LogP contribution is -2.00. The lowest BCUT2D eigenvalue weighted by Gasteiger charge is -2.10. The van der Waals surface area contributed by atoms with Gasteiger partial charge >= 0.3 is 0 Å². The first-order valence-electron chi connectivity index (χ1n) is 17.1. The Kier molecular flexibility index (Phi) is 6.86. The molecular weight excluding hydrogens is 641 g/mol. The third kappa shape index (κ3) is 5.01. The molecule has 0 saturated carbocycles. The summed E-state index contributed by atoms with van der Waals surface area (Å²) < 4.78 is 4.82. The fourth-order valence-corrected chi connectivity index (χ4v) is 8.43. The van der Waals surface area contributed by atoms with Gasteiger partial charge in [0.05, 0.1) is 11.0 Å². The summed E-state index contributed by atoms with van der Waals surface area (Å²) in [7, 11) is 0. The molecule has 0 saturated heterocycles. The minimum Gasteiger partial charge on any atom is -0.309 e. The molecule has 3 aromatic heterocycles. The number of hydrogen-bond donors (Lipinski definition) is 0. The zero-order valence-electron chi connectivity index (χ0n) is 27.8. The second-order valence-electron chi connectivity index (χ2n) is 13.0. The fourth-order valence-electron chi connectivity index (χ4n) is 7.32. The van der Waals surface area contributed by atoms with Crippen LogP contribution in [0, 0.1) is 6.92 Å². The molecule has 0 unspecified atom stereocenters. The lowest BCUT2D eigenvalue weighted by molar-refractivity contribution is 1.08. The van der Waals surface area contributed by atoms with Crippen molar-refractivity contribution in [1.82, 2.24) is 19.5 Å². The van der Waals surface area contributed by atoms with Crippen molar-refractivity contribution < 1.29 is 0 Å². The zero-order chi connectivity index (χ0) is 33.9. The molecule has 0 bridgehead atoms. The van der Waals surface area contributed by atoms with Gasteiger partial charge in [-0.2, -0.15) is 0 Å². The first-order valence-corrected chi connectivity index (χ1v) is 17.9. The Morgan fingerprint density at radius 3 is 1.80 bits per heavy atom. The SMILES string of the molecule is Cc1cccc(-n2c3ccccc3c3cc(-c4ccc5sc6cccc(-c7nc(-c8ccccc8)nc(-c8ccccc8)n7)c6c5c4)ccc32)c1. The van der Waals surface area contributed by atoms with Gasteiger partial charge in [-0.25, -0.2) is 15.0 Å². The van der Waals surface area contributed by atoms with Gasteiger partial charge in [0.15, 0.2) is 17.5 Å². The van der Waals surface area contributed by atoms with Crippen molar-refractivity contribution in [2.24, 2.45) is 0 Å². The monoisotopic (exact) mass is 670 g/mol. The minimum absolute atomic E-state index is 0.662. The number of aryl methyl sites for hydroxylation is 1. The third-order valence-electron chi connectivity index (χ3n) is 9.70. The summed E-state index contributed by atoms with van der Waals surface area (Å²) in [5.41, 5.74) is 10.1. The van der Waals surface area contributed by atoms with E-state index in [1.165, 1.54) is 64.4 Å². The number of benzene rings is 7. The number of nitrogens with zero attached hydrogens (tertiary/aromatic N) is 4. The van der Waals surface area contributed by atoms with Crippen molar-refractivity contribution in [2.75, 3.05) is 0 Å². The maximum atomic E-state index is 5.09. The molecular formula is C46H30N4S. The summed E-state index contributed by atoms with van der Waals surface area (Å²) in [6.07, 6.45) is 0. The Hall–Kier alpha value is -6.43. The van der Waals surface area contributed by atoms with E-state index in [-0.39, 0.29) is 0 Å². The molecule has 10 rings (SSSR count). The molecule has 0 atom stereocenters. The number of fused-ring (bicyclic) bond motifs is 6. The summed E-state index contributed by atoms with van der Waals surface area (Å²) in [4.78, 5) is 15.1. The molecule has 0 fully saturated rings. The van der Waals surface area contributed by atoms with Crippen molar-refractivity contribution >= 4 is 53.3 Å². The number of aromatic nitrogens is 4. The van der Waals surface area contributed by atoms with Crippen LogP contribution < -0.4 is 0 Å². The molecule has 0 amide bonds. The molecule has 51 heavy (non-hydrogen) atoms. The van der Waals surface area contributed by atoms with E-state index in [4.69, 9.17) is 15.0 Å². The molecule has 0 N–H and O–H groups in total. The smallest absolute Gasteiger partial charge is 0.164 e. The largest absolute Gasteiger partial charge is 0.309 e. The van der Waals surface area contributed by atoms with Crippen LogP contribution in [0.15, 0.2) is 164 Å². The van der Waals surface area contributed by atoms with Crippen LogP contribution >= 0.6 is 11.3 Å². The van der Waals surface area contributed by atoms with Gasteiger partial charge in [-0.15, -0.1) is 11.3 Å². The Bertz CT molecular complexity index is 2870. The molecule has 4 nitrogen and oxygen atoms in total. The molecule has 0 aliphatic rings. The van der Waals surface area contributed by atoms with Gasteiger partial charge in [-0.1, -0.05) is 115 Å². The van der Waals surface area contributed by atoms with E-state index < -0.39 is 0 Å². The number of hydrogen-bond acceptors (Lipinski definition) is 4. The van der Waals surface area contributed by atoms with Gasteiger partial charge in [0, 0.05) is 53.3 Å². The molecule has 3 heterocycles. The predicted octanol–water partition coefficient (Wildman–Crippen LogP) is 12.3. The number of para-hydroxylation sites is 1. The molecule has 0 spiro atoms. The maximum absolute atomic E-state index is 5.09. The first-order chi connectivity index (χ1) is 25.2. The van der Waals surface area contributed by atoms with Crippen LogP contribution in [0.1, 0.15) is 5.56 Å². The predicted molar refractivity (Wildman–Crippen MR) is 214 cm³/mol. The molecule has 0 radical (unpaired) electrons. The van der Waals surface area contributed by atoms with Gasteiger partial charge in [-0.3, -0.25) is 0 Å². The lowest BCUT2D eigenvalue weighted by atomic mass is 9.99. The van der Waals surface area contributed by atoms with E-state index in [0.29, 0.717) is 17.5 Å². The van der Waals surface area contributed by atoms with Gasteiger partial charge < -0.3 is 4.57 Å². The Labute approximate surface area is 299 Å². The first kappa shape index (κ1) is 29.5. The minimum atomic E-state index is 0.662. The molecule has 7 aromatic carbocycles. The summed E-state index contributed by atoms with van der Waals surface area (Å²) in [5.74, 6) is 1.99. The summed E-state index contributed by atoms with van der Waals surface area (Å²) in [5, 5.41) is 4.86. The van der Waals surface area contributed by atoms with Crippen LogP contribution in [-0.2, 0) is 0 Å². The number of rotatable bonds is 5. The average Bonchev–Trinajstić information content (AvgIpc) is 3.73. The zero-order valence-corrected chi connectivity index (χ0v) is 28.6. The normalized spacial score (nSPS) is 11.6. The average molecular weight is 671 g/mol. The summed E-state index contributed by atoms with van der Waals surface area (Å²) >= 11 is 1.81. The Morgan fingerprint density at radius 2 is 1.06 bits per heavy atom. The van der Waals surface area contributed by atoms with Crippen LogP contribution in [-0.4, -0.2) is 19.5 Å². The Balaban J connectivity index is 1.16. The van der Waals surface area contributed by atoms with Crippen LogP contribution in [0.3, 0.4) is 0 Å². The summed E-state index contributed by atoms with van der Waals surface area (Å²) in [6, 6.07) is 58.0. The van der Waals surface area contributed by atoms with Crippen LogP contribution in [0.4, 0.5) is 0 Å². The highest BCUT2D eigenvalue weighted by atomic mass is 32.1. The van der Waals surface area contributed by atoms with E-state index in [1.807, 2.05) is 47.7 Å². The van der Waals surface area contributed by atoms with Crippen molar-refractivity contribution in [1.29, 1.82) is 0 Å². The standard InChI is InChI=1S/C46H30N4S/c1-29-12-10-17-34(26-29)50-39-20-9-8-18-35(39)37-27-32(22-24-40(37)50)33-23-25-41-38(28-33)43-36(19-11-21-42(43)51-41)46-48-44(30-13-4-2-5-14-30)47-45(49-46)31-15-6-3-7-16-31/h2-28H,1H3.